The quantitative estimate of drug-likeness (QED) is 0.637. The average molecular weight is 423 g/mol. The van der Waals surface area contributed by atoms with E-state index in [1.165, 1.54) is 19.2 Å². The van der Waals surface area contributed by atoms with Crippen LogP contribution in [-0.4, -0.2) is 91.9 Å². The minimum absolute atomic E-state index is 0.368. The minimum atomic E-state index is -1.37. The molecule has 0 unspecified atom stereocenters. The van der Waals surface area contributed by atoms with E-state index in [1.807, 2.05) is 0 Å². The SMILES string of the molecule is C1=NCCO1.C1=NCCO1.C1=NCCO1.O=C(O)c1cc(C(=O)O)cc(C(=O)O)c1. The summed E-state index contributed by atoms with van der Waals surface area (Å²) in [6.45, 7) is 4.88. The summed E-state index contributed by atoms with van der Waals surface area (Å²) in [5.41, 5.74) is -1.10. The molecule has 1 aromatic rings. The Bertz CT molecular complexity index is 671. The molecule has 162 valence electrons. The lowest BCUT2D eigenvalue weighted by molar-refractivity contribution is 0.0696. The fourth-order valence-electron chi connectivity index (χ4n) is 1.79. The van der Waals surface area contributed by atoms with Gasteiger partial charge in [-0.2, -0.15) is 0 Å². The second-order valence-electron chi connectivity index (χ2n) is 5.36. The van der Waals surface area contributed by atoms with E-state index in [2.05, 4.69) is 29.2 Å². The summed E-state index contributed by atoms with van der Waals surface area (Å²) in [7, 11) is 0. The van der Waals surface area contributed by atoms with Gasteiger partial charge in [0.2, 0.25) is 0 Å². The summed E-state index contributed by atoms with van der Waals surface area (Å²) in [5, 5.41) is 25.8. The Morgan fingerprint density at radius 1 is 0.600 bits per heavy atom. The van der Waals surface area contributed by atoms with Crippen molar-refractivity contribution in [1.82, 2.24) is 0 Å². The van der Waals surface area contributed by atoms with Crippen molar-refractivity contribution in [3.63, 3.8) is 0 Å². The molecule has 12 heteroatoms. The van der Waals surface area contributed by atoms with E-state index >= 15 is 0 Å². The van der Waals surface area contributed by atoms with Crippen LogP contribution >= 0.6 is 0 Å². The number of benzene rings is 1. The Hall–Kier alpha value is -3.96. The zero-order chi connectivity index (χ0) is 22.2. The van der Waals surface area contributed by atoms with E-state index in [-0.39, 0.29) is 16.7 Å². The van der Waals surface area contributed by atoms with Gasteiger partial charge in [0.15, 0.2) is 19.2 Å². The molecule has 12 nitrogen and oxygen atoms in total. The number of carboxylic acids is 3. The van der Waals surface area contributed by atoms with Gasteiger partial charge in [-0.05, 0) is 18.2 Å². The third-order valence-corrected chi connectivity index (χ3v) is 3.14. The molecule has 0 saturated carbocycles. The molecular weight excluding hydrogens is 402 g/mol. The maximum atomic E-state index is 10.6. The topological polar surface area (TPSA) is 177 Å². The summed E-state index contributed by atoms with van der Waals surface area (Å²) in [6.07, 6.45) is 4.46. The van der Waals surface area contributed by atoms with Crippen LogP contribution in [0.15, 0.2) is 33.2 Å². The van der Waals surface area contributed by atoms with E-state index in [1.54, 1.807) is 0 Å². The van der Waals surface area contributed by atoms with E-state index in [9.17, 15) is 14.4 Å². The van der Waals surface area contributed by atoms with Gasteiger partial charge in [0.05, 0.1) is 36.3 Å². The molecule has 0 saturated heterocycles. The number of aromatic carboxylic acids is 3. The highest BCUT2D eigenvalue weighted by atomic mass is 16.5. The highest BCUT2D eigenvalue weighted by Crippen LogP contribution is 2.11. The molecule has 0 amide bonds. The van der Waals surface area contributed by atoms with Crippen LogP contribution in [0.1, 0.15) is 31.1 Å². The number of ether oxygens (including phenoxy) is 3. The molecule has 0 aliphatic carbocycles. The molecule has 0 aromatic heterocycles. The fourth-order valence-corrected chi connectivity index (χ4v) is 1.79. The van der Waals surface area contributed by atoms with Crippen molar-refractivity contribution in [2.75, 3.05) is 39.5 Å². The molecule has 3 aliphatic heterocycles. The molecule has 30 heavy (non-hydrogen) atoms. The number of carboxylic acid groups (broad SMARTS) is 3. The second kappa shape index (κ2) is 14.1. The molecule has 0 radical (unpaired) electrons. The first-order valence-corrected chi connectivity index (χ1v) is 8.56. The van der Waals surface area contributed by atoms with Crippen molar-refractivity contribution in [3.05, 3.63) is 34.9 Å². The third kappa shape index (κ3) is 10.4. The van der Waals surface area contributed by atoms with Crippen molar-refractivity contribution in [3.8, 4) is 0 Å². The smallest absolute Gasteiger partial charge is 0.335 e. The van der Waals surface area contributed by atoms with Gasteiger partial charge in [-0.3, -0.25) is 15.0 Å². The van der Waals surface area contributed by atoms with E-state index < -0.39 is 17.9 Å². The first-order chi connectivity index (χ1) is 14.4. The monoisotopic (exact) mass is 423 g/mol. The number of rotatable bonds is 3. The van der Waals surface area contributed by atoms with Crippen molar-refractivity contribution in [2.24, 2.45) is 15.0 Å². The lowest BCUT2D eigenvalue weighted by Gasteiger charge is -2.00. The molecule has 0 atom stereocenters. The van der Waals surface area contributed by atoms with Gasteiger partial charge in [-0.15, -0.1) is 0 Å². The molecule has 0 fully saturated rings. The third-order valence-electron chi connectivity index (χ3n) is 3.14. The average Bonchev–Trinajstić information content (AvgIpc) is 3.54. The van der Waals surface area contributed by atoms with Crippen LogP contribution < -0.4 is 0 Å². The summed E-state index contributed by atoms with van der Waals surface area (Å²) < 4.78 is 14.0. The van der Waals surface area contributed by atoms with Crippen LogP contribution in [0.2, 0.25) is 0 Å². The number of aliphatic imine (C=N–C) groups is 3. The second-order valence-corrected chi connectivity index (χ2v) is 5.36. The zero-order valence-corrected chi connectivity index (χ0v) is 15.8. The maximum Gasteiger partial charge on any atom is 0.335 e. The summed E-state index contributed by atoms with van der Waals surface area (Å²) in [4.78, 5) is 42.9. The van der Waals surface area contributed by atoms with Crippen LogP contribution in [0, 0.1) is 0 Å². The van der Waals surface area contributed by atoms with Gasteiger partial charge in [-0.1, -0.05) is 0 Å². The molecule has 3 N–H and O–H groups in total. The Morgan fingerprint density at radius 2 is 0.867 bits per heavy atom. The number of hydrogen-bond donors (Lipinski definition) is 3. The Morgan fingerprint density at radius 3 is 0.967 bits per heavy atom. The Balaban J connectivity index is 0.000000240. The van der Waals surface area contributed by atoms with Gasteiger partial charge < -0.3 is 29.5 Å². The van der Waals surface area contributed by atoms with Crippen LogP contribution in [-0.2, 0) is 14.2 Å². The predicted molar refractivity (Wildman–Crippen MR) is 105 cm³/mol. The minimum Gasteiger partial charge on any atom is -0.482 e. The van der Waals surface area contributed by atoms with E-state index in [0.717, 1.165) is 57.7 Å². The number of nitrogens with zero attached hydrogens (tertiary/aromatic N) is 3. The van der Waals surface area contributed by atoms with E-state index in [0.29, 0.717) is 0 Å². The summed E-state index contributed by atoms with van der Waals surface area (Å²) >= 11 is 0. The molecular formula is C18H21N3O9. The number of hydrogen-bond acceptors (Lipinski definition) is 9. The van der Waals surface area contributed by atoms with Gasteiger partial charge in [0.1, 0.15) is 19.8 Å². The first-order valence-electron chi connectivity index (χ1n) is 8.56. The fraction of sp³-hybridized carbons (Fsp3) is 0.333. The largest absolute Gasteiger partial charge is 0.482 e. The Labute approximate surface area is 171 Å². The van der Waals surface area contributed by atoms with Crippen molar-refractivity contribution >= 4 is 37.1 Å². The molecule has 3 heterocycles. The normalized spacial score (nSPS) is 14.4. The van der Waals surface area contributed by atoms with Gasteiger partial charge in [-0.25, -0.2) is 14.4 Å². The molecule has 0 bridgehead atoms. The summed E-state index contributed by atoms with van der Waals surface area (Å²) in [6, 6.07) is 2.70. The van der Waals surface area contributed by atoms with Gasteiger partial charge in [0.25, 0.3) is 0 Å². The highest BCUT2D eigenvalue weighted by molar-refractivity contribution is 5.98. The lowest BCUT2D eigenvalue weighted by atomic mass is 10.1. The van der Waals surface area contributed by atoms with Gasteiger partial charge in [0, 0.05) is 0 Å². The van der Waals surface area contributed by atoms with Crippen molar-refractivity contribution in [1.29, 1.82) is 0 Å². The van der Waals surface area contributed by atoms with Crippen LogP contribution in [0.3, 0.4) is 0 Å². The standard InChI is InChI=1S/C9H6O6.3C3H5NO/c10-7(11)4-1-5(8(12)13)3-6(2-4)9(14)15;3*1-2-5-3-4-1/h1-3H,(H,10,11)(H,12,13)(H,14,15);3*3H,1-2H2. The Kier molecular flexibility index (Phi) is 11.3. The lowest BCUT2D eigenvalue weighted by Crippen LogP contribution is -2.07. The number of carbonyl (C=O) groups is 3. The summed E-state index contributed by atoms with van der Waals surface area (Å²) in [5.74, 6) is -4.12. The molecule has 4 rings (SSSR count). The van der Waals surface area contributed by atoms with Crippen molar-refractivity contribution in [2.45, 2.75) is 0 Å². The first kappa shape index (κ1) is 24.1. The molecule has 0 spiro atoms. The van der Waals surface area contributed by atoms with Crippen LogP contribution in [0.25, 0.3) is 0 Å². The highest BCUT2D eigenvalue weighted by Gasteiger charge is 2.14. The molecule has 3 aliphatic rings. The van der Waals surface area contributed by atoms with Crippen LogP contribution in [0.4, 0.5) is 0 Å². The predicted octanol–water partition coefficient (Wildman–Crippen LogP) is 0.916. The van der Waals surface area contributed by atoms with Crippen molar-refractivity contribution < 1.29 is 43.9 Å². The maximum absolute atomic E-state index is 10.6. The molecule has 1 aromatic carbocycles. The zero-order valence-electron chi connectivity index (χ0n) is 15.8. The van der Waals surface area contributed by atoms with Crippen LogP contribution in [0.5, 0.6) is 0 Å². The van der Waals surface area contributed by atoms with E-state index in [4.69, 9.17) is 15.3 Å². The van der Waals surface area contributed by atoms with Gasteiger partial charge >= 0.3 is 17.9 Å².